The van der Waals surface area contributed by atoms with E-state index in [4.69, 9.17) is 0 Å². The lowest BCUT2D eigenvalue weighted by atomic mass is 10.1. The van der Waals surface area contributed by atoms with Gasteiger partial charge < -0.3 is 4.74 Å². The van der Waals surface area contributed by atoms with Gasteiger partial charge in [-0.15, -0.1) is 0 Å². The highest BCUT2D eigenvalue weighted by Crippen LogP contribution is 2.06. The van der Waals surface area contributed by atoms with Crippen LogP contribution in [-0.2, 0) is 20.7 Å². The van der Waals surface area contributed by atoms with Crippen molar-refractivity contribution in [2.75, 3.05) is 0 Å². The summed E-state index contributed by atoms with van der Waals surface area (Å²) in [6.07, 6.45) is 2.94. The lowest BCUT2D eigenvalue weighted by Crippen LogP contribution is -2.08. The second-order valence-corrected chi connectivity index (χ2v) is 3.66. The van der Waals surface area contributed by atoms with E-state index >= 15 is 0 Å². The molecule has 0 atom stereocenters. The van der Waals surface area contributed by atoms with Crippen LogP contribution in [0.1, 0.15) is 31.7 Å². The third kappa shape index (κ3) is 5.29. The van der Waals surface area contributed by atoms with Crippen LogP contribution in [0.4, 0.5) is 0 Å². The third-order valence-electron chi connectivity index (χ3n) is 2.20. The molecule has 1 rings (SSSR count). The van der Waals surface area contributed by atoms with E-state index in [1.165, 1.54) is 12.5 Å². The maximum Gasteiger partial charge on any atom is 0.313 e. The number of unbranched alkanes of at least 4 members (excludes halogenated alkanes) is 1. The molecule has 0 bridgehead atoms. The number of carbonyl (C=O) groups excluding carboxylic acids is 2. The quantitative estimate of drug-likeness (QED) is 0.435. The first kappa shape index (κ1) is 12.4. The Morgan fingerprint density at radius 2 is 1.81 bits per heavy atom. The van der Waals surface area contributed by atoms with Crippen LogP contribution in [0.5, 0.6) is 0 Å². The van der Waals surface area contributed by atoms with Gasteiger partial charge >= 0.3 is 11.9 Å². The Hall–Kier alpha value is -1.64. The van der Waals surface area contributed by atoms with E-state index in [0.29, 0.717) is 6.42 Å². The van der Waals surface area contributed by atoms with E-state index < -0.39 is 11.9 Å². The van der Waals surface area contributed by atoms with E-state index in [1.54, 1.807) is 0 Å². The van der Waals surface area contributed by atoms with E-state index in [2.05, 4.69) is 16.9 Å². The van der Waals surface area contributed by atoms with Crippen molar-refractivity contribution in [2.45, 2.75) is 32.6 Å². The predicted molar refractivity (Wildman–Crippen MR) is 60.8 cm³/mol. The van der Waals surface area contributed by atoms with Crippen molar-refractivity contribution in [3.63, 3.8) is 0 Å². The first-order chi connectivity index (χ1) is 7.68. The highest BCUT2D eigenvalue weighted by molar-refractivity contribution is 5.83. The molecular formula is C13H16O3. The molecule has 0 amide bonds. The van der Waals surface area contributed by atoms with Gasteiger partial charge in [-0.05, 0) is 24.8 Å². The fourth-order valence-corrected chi connectivity index (χ4v) is 1.45. The van der Waals surface area contributed by atoms with Gasteiger partial charge in [0.2, 0.25) is 0 Å². The zero-order valence-corrected chi connectivity index (χ0v) is 9.44. The van der Waals surface area contributed by atoms with Gasteiger partial charge in [0, 0.05) is 13.3 Å². The molecule has 0 fully saturated rings. The minimum Gasteiger partial charge on any atom is -0.393 e. The zero-order valence-electron chi connectivity index (χ0n) is 9.44. The van der Waals surface area contributed by atoms with Crippen LogP contribution in [0.3, 0.4) is 0 Å². The average molecular weight is 220 g/mol. The SMILES string of the molecule is CC(=O)OC(=O)CCCCc1ccccc1. The number of aryl methyl sites for hydroxylation is 1. The number of hydrogen-bond donors (Lipinski definition) is 0. The van der Waals surface area contributed by atoms with Gasteiger partial charge in [0.1, 0.15) is 0 Å². The van der Waals surface area contributed by atoms with Crippen molar-refractivity contribution in [1.82, 2.24) is 0 Å². The lowest BCUT2D eigenvalue weighted by molar-refractivity contribution is -0.158. The smallest absolute Gasteiger partial charge is 0.313 e. The van der Waals surface area contributed by atoms with Crippen LogP contribution in [-0.4, -0.2) is 11.9 Å². The Labute approximate surface area is 95.4 Å². The first-order valence-electron chi connectivity index (χ1n) is 5.43. The van der Waals surface area contributed by atoms with E-state index in [1.807, 2.05) is 18.2 Å². The van der Waals surface area contributed by atoms with Crippen molar-refractivity contribution < 1.29 is 14.3 Å². The van der Waals surface area contributed by atoms with Crippen molar-refractivity contribution in [3.05, 3.63) is 35.9 Å². The number of rotatable bonds is 5. The minimum absolute atomic E-state index is 0.312. The molecule has 0 aromatic heterocycles. The Kier molecular flexibility index (Phi) is 5.26. The van der Waals surface area contributed by atoms with Crippen LogP contribution in [0.15, 0.2) is 30.3 Å². The molecule has 0 aliphatic carbocycles. The summed E-state index contributed by atoms with van der Waals surface area (Å²) >= 11 is 0. The second-order valence-electron chi connectivity index (χ2n) is 3.66. The molecule has 0 spiro atoms. The number of esters is 2. The molecule has 16 heavy (non-hydrogen) atoms. The van der Waals surface area contributed by atoms with Crippen molar-refractivity contribution in [1.29, 1.82) is 0 Å². The Bertz CT molecular complexity index is 343. The fourth-order valence-electron chi connectivity index (χ4n) is 1.45. The summed E-state index contributed by atoms with van der Waals surface area (Å²) < 4.78 is 4.42. The zero-order chi connectivity index (χ0) is 11.8. The molecular weight excluding hydrogens is 204 g/mol. The molecule has 0 radical (unpaired) electrons. The Morgan fingerprint density at radius 1 is 1.12 bits per heavy atom. The third-order valence-corrected chi connectivity index (χ3v) is 2.20. The van der Waals surface area contributed by atoms with Gasteiger partial charge in [0.25, 0.3) is 0 Å². The number of benzene rings is 1. The van der Waals surface area contributed by atoms with Gasteiger partial charge in [-0.1, -0.05) is 30.3 Å². The van der Waals surface area contributed by atoms with E-state index in [9.17, 15) is 9.59 Å². The normalized spacial score (nSPS) is 9.81. The molecule has 1 aromatic rings. The van der Waals surface area contributed by atoms with Gasteiger partial charge in [0.05, 0.1) is 0 Å². The largest absolute Gasteiger partial charge is 0.393 e. The standard InChI is InChI=1S/C13H16O3/c1-11(14)16-13(15)10-6-5-9-12-7-3-2-4-8-12/h2-4,7-8H,5-6,9-10H2,1H3. The molecule has 0 unspecified atom stereocenters. The van der Waals surface area contributed by atoms with E-state index in [-0.39, 0.29) is 0 Å². The molecule has 86 valence electrons. The van der Waals surface area contributed by atoms with Gasteiger partial charge in [-0.25, -0.2) is 0 Å². The van der Waals surface area contributed by atoms with Crippen LogP contribution in [0, 0.1) is 0 Å². The van der Waals surface area contributed by atoms with E-state index in [0.717, 1.165) is 19.3 Å². The van der Waals surface area contributed by atoms with Crippen LogP contribution in [0.25, 0.3) is 0 Å². The molecule has 0 aliphatic heterocycles. The summed E-state index contributed by atoms with van der Waals surface area (Å²) in [6, 6.07) is 10.1. The monoisotopic (exact) mass is 220 g/mol. The number of carbonyl (C=O) groups is 2. The highest BCUT2D eigenvalue weighted by Gasteiger charge is 2.05. The summed E-state index contributed by atoms with van der Waals surface area (Å²) in [5.41, 5.74) is 1.27. The number of ether oxygens (including phenoxy) is 1. The summed E-state index contributed by atoms with van der Waals surface area (Å²) in [5, 5.41) is 0. The van der Waals surface area contributed by atoms with Crippen molar-refractivity contribution >= 4 is 11.9 Å². The topological polar surface area (TPSA) is 43.4 Å². The summed E-state index contributed by atoms with van der Waals surface area (Å²) in [5.74, 6) is -0.964. The molecule has 3 heteroatoms. The minimum atomic E-state index is -0.534. The fraction of sp³-hybridized carbons (Fsp3) is 0.385. The Balaban J connectivity index is 2.13. The number of hydrogen-bond acceptors (Lipinski definition) is 3. The Morgan fingerprint density at radius 3 is 2.44 bits per heavy atom. The molecule has 0 heterocycles. The van der Waals surface area contributed by atoms with Gasteiger partial charge in [-0.2, -0.15) is 0 Å². The summed E-state index contributed by atoms with van der Waals surface area (Å²) in [7, 11) is 0. The van der Waals surface area contributed by atoms with Gasteiger partial charge in [-0.3, -0.25) is 9.59 Å². The lowest BCUT2D eigenvalue weighted by Gasteiger charge is -2.01. The van der Waals surface area contributed by atoms with Gasteiger partial charge in [0.15, 0.2) is 0 Å². The van der Waals surface area contributed by atoms with Crippen molar-refractivity contribution in [3.8, 4) is 0 Å². The molecule has 1 aromatic carbocycles. The summed E-state index contributed by atoms with van der Waals surface area (Å²) in [6.45, 7) is 1.24. The van der Waals surface area contributed by atoms with Crippen LogP contribution in [0.2, 0.25) is 0 Å². The molecule has 0 saturated heterocycles. The van der Waals surface area contributed by atoms with Crippen LogP contribution >= 0.6 is 0 Å². The van der Waals surface area contributed by atoms with Crippen molar-refractivity contribution in [2.24, 2.45) is 0 Å². The first-order valence-corrected chi connectivity index (χ1v) is 5.43. The molecule has 0 aliphatic rings. The summed E-state index contributed by atoms with van der Waals surface area (Å²) in [4.78, 5) is 21.5. The predicted octanol–water partition coefficient (Wildman–Crippen LogP) is 2.49. The van der Waals surface area contributed by atoms with Crippen LogP contribution < -0.4 is 0 Å². The molecule has 0 saturated carbocycles. The average Bonchev–Trinajstić information content (AvgIpc) is 2.25. The molecule has 3 nitrogen and oxygen atoms in total. The maximum absolute atomic E-state index is 11.0. The highest BCUT2D eigenvalue weighted by atomic mass is 16.6. The molecule has 0 N–H and O–H groups in total. The second kappa shape index (κ2) is 6.77. The maximum atomic E-state index is 11.0.